The van der Waals surface area contributed by atoms with E-state index in [2.05, 4.69) is 25.5 Å². The van der Waals surface area contributed by atoms with Crippen LogP contribution in [0, 0.1) is 11.3 Å². The lowest BCUT2D eigenvalue weighted by Gasteiger charge is -2.49. The van der Waals surface area contributed by atoms with Crippen LogP contribution in [-0.4, -0.2) is 42.1 Å². The molecule has 2 heterocycles. The first kappa shape index (κ1) is 15.8. The van der Waals surface area contributed by atoms with Crippen molar-refractivity contribution in [1.29, 1.82) is 0 Å². The van der Waals surface area contributed by atoms with E-state index in [1.165, 1.54) is 32.1 Å². The van der Waals surface area contributed by atoms with Crippen LogP contribution in [0.4, 0.5) is 11.6 Å². The molecule has 0 aromatic carbocycles. The second-order valence-corrected chi connectivity index (χ2v) is 7.66. The van der Waals surface area contributed by atoms with Gasteiger partial charge in [-0.3, -0.25) is 4.79 Å². The van der Waals surface area contributed by atoms with E-state index in [1.807, 2.05) is 0 Å². The van der Waals surface area contributed by atoms with Crippen molar-refractivity contribution >= 4 is 17.5 Å². The Kier molecular flexibility index (Phi) is 4.39. The van der Waals surface area contributed by atoms with Crippen molar-refractivity contribution in [2.45, 2.75) is 44.9 Å². The first-order valence-corrected chi connectivity index (χ1v) is 9.33. The van der Waals surface area contributed by atoms with Gasteiger partial charge in [0.15, 0.2) is 0 Å². The molecule has 3 fully saturated rings. The predicted molar refractivity (Wildman–Crippen MR) is 94.0 cm³/mol. The topological polar surface area (TPSA) is 70.2 Å². The summed E-state index contributed by atoms with van der Waals surface area (Å²) in [5.41, 5.74) is 1.20. The monoisotopic (exact) mass is 329 g/mol. The van der Waals surface area contributed by atoms with E-state index in [4.69, 9.17) is 0 Å². The predicted octanol–water partition coefficient (Wildman–Crippen LogP) is 2.19. The second kappa shape index (κ2) is 6.67. The highest BCUT2D eigenvalue weighted by Crippen LogP contribution is 2.54. The zero-order chi connectivity index (χ0) is 16.4. The molecule has 6 heteroatoms. The summed E-state index contributed by atoms with van der Waals surface area (Å²) < 4.78 is 0. The highest BCUT2D eigenvalue weighted by molar-refractivity contribution is 5.93. The third kappa shape index (κ3) is 3.24. The van der Waals surface area contributed by atoms with Gasteiger partial charge < -0.3 is 15.5 Å². The molecule has 1 aromatic heterocycles. The van der Waals surface area contributed by atoms with Crippen LogP contribution in [-0.2, 0) is 4.79 Å². The zero-order valence-electron chi connectivity index (χ0n) is 14.3. The van der Waals surface area contributed by atoms with Crippen molar-refractivity contribution in [2.24, 2.45) is 11.3 Å². The number of piperazine rings is 1. The summed E-state index contributed by atoms with van der Waals surface area (Å²) >= 11 is 0. The number of nitrogens with zero attached hydrogens (tertiary/aromatic N) is 3. The smallest absolute Gasteiger partial charge is 0.227 e. The van der Waals surface area contributed by atoms with Crippen LogP contribution < -0.4 is 15.5 Å². The van der Waals surface area contributed by atoms with Gasteiger partial charge in [0.05, 0.1) is 18.1 Å². The van der Waals surface area contributed by atoms with E-state index in [0.29, 0.717) is 11.1 Å². The summed E-state index contributed by atoms with van der Waals surface area (Å²) in [7, 11) is 0. The molecule has 2 aliphatic carbocycles. The van der Waals surface area contributed by atoms with Crippen LogP contribution in [0.3, 0.4) is 0 Å². The molecule has 1 spiro atoms. The van der Waals surface area contributed by atoms with Gasteiger partial charge in [0, 0.05) is 32.1 Å². The third-order valence-corrected chi connectivity index (χ3v) is 5.95. The fraction of sp³-hybridized carbons (Fsp3) is 0.722. The number of nitrogens with one attached hydrogen (secondary N) is 2. The SMILES string of the molecule is O=C(Nc1cnc(N2CCNCC2)nc1)C1CC2(CCCCC2)C1. The number of rotatable bonds is 3. The minimum atomic E-state index is 0.143. The first-order chi connectivity index (χ1) is 11.7. The number of anilines is 2. The number of amides is 1. The number of carbonyl (C=O) groups excluding carboxylic acids is 1. The van der Waals surface area contributed by atoms with Crippen molar-refractivity contribution in [3.63, 3.8) is 0 Å². The number of hydrogen-bond donors (Lipinski definition) is 2. The van der Waals surface area contributed by atoms with Gasteiger partial charge in [-0.2, -0.15) is 0 Å². The fourth-order valence-corrected chi connectivity index (χ4v) is 4.54. The molecule has 6 nitrogen and oxygen atoms in total. The Bertz CT molecular complexity index is 568. The minimum Gasteiger partial charge on any atom is -0.338 e. The van der Waals surface area contributed by atoms with Crippen LogP contribution >= 0.6 is 0 Å². The van der Waals surface area contributed by atoms with Crippen LogP contribution in [0.5, 0.6) is 0 Å². The van der Waals surface area contributed by atoms with Crippen molar-refractivity contribution < 1.29 is 4.79 Å². The van der Waals surface area contributed by atoms with Gasteiger partial charge in [-0.05, 0) is 31.1 Å². The standard InChI is InChI=1S/C18H27N5O/c24-16(14-10-18(11-14)4-2-1-3-5-18)22-15-12-20-17(21-13-15)23-8-6-19-7-9-23/h12-14,19H,1-11H2,(H,22,24). The maximum absolute atomic E-state index is 12.4. The Labute approximate surface area is 143 Å². The van der Waals surface area contributed by atoms with Gasteiger partial charge in [0.2, 0.25) is 11.9 Å². The quantitative estimate of drug-likeness (QED) is 0.889. The Hall–Kier alpha value is -1.69. The van der Waals surface area contributed by atoms with E-state index in [0.717, 1.165) is 45.0 Å². The van der Waals surface area contributed by atoms with E-state index in [9.17, 15) is 4.79 Å². The van der Waals surface area contributed by atoms with E-state index in [1.54, 1.807) is 12.4 Å². The normalized spacial score (nSPS) is 23.8. The van der Waals surface area contributed by atoms with Crippen molar-refractivity contribution in [3.05, 3.63) is 12.4 Å². The van der Waals surface area contributed by atoms with E-state index < -0.39 is 0 Å². The molecule has 130 valence electrons. The van der Waals surface area contributed by atoms with Gasteiger partial charge in [0.25, 0.3) is 0 Å². The molecule has 1 saturated heterocycles. The molecule has 1 aromatic rings. The molecular formula is C18H27N5O. The molecule has 1 amide bonds. The lowest BCUT2D eigenvalue weighted by atomic mass is 9.55. The molecule has 24 heavy (non-hydrogen) atoms. The molecule has 0 atom stereocenters. The molecule has 4 rings (SSSR count). The van der Waals surface area contributed by atoms with Gasteiger partial charge in [0.1, 0.15) is 0 Å². The van der Waals surface area contributed by atoms with Crippen LogP contribution in [0.25, 0.3) is 0 Å². The lowest BCUT2D eigenvalue weighted by molar-refractivity contribution is -0.128. The maximum atomic E-state index is 12.4. The molecule has 2 N–H and O–H groups in total. The first-order valence-electron chi connectivity index (χ1n) is 9.33. The number of aromatic nitrogens is 2. The molecule has 0 radical (unpaired) electrons. The summed E-state index contributed by atoms with van der Waals surface area (Å²) in [5.74, 6) is 1.07. The van der Waals surface area contributed by atoms with Gasteiger partial charge in [-0.1, -0.05) is 19.3 Å². The minimum absolute atomic E-state index is 0.143. The summed E-state index contributed by atoms with van der Waals surface area (Å²) in [4.78, 5) is 23.4. The van der Waals surface area contributed by atoms with Gasteiger partial charge in [-0.25, -0.2) is 9.97 Å². The lowest BCUT2D eigenvalue weighted by Crippen LogP contribution is -2.44. The number of carbonyl (C=O) groups is 1. The Morgan fingerprint density at radius 2 is 1.79 bits per heavy atom. The molecule has 0 unspecified atom stereocenters. The Morgan fingerprint density at radius 1 is 1.12 bits per heavy atom. The number of hydrogen-bond acceptors (Lipinski definition) is 5. The molecule has 3 aliphatic rings. The molecule has 2 saturated carbocycles. The van der Waals surface area contributed by atoms with Crippen LogP contribution in [0.1, 0.15) is 44.9 Å². The largest absolute Gasteiger partial charge is 0.338 e. The summed E-state index contributed by atoms with van der Waals surface area (Å²) in [5, 5.41) is 6.32. The van der Waals surface area contributed by atoms with Crippen LogP contribution in [0.15, 0.2) is 12.4 Å². The third-order valence-electron chi connectivity index (χ3n) is 5.95. The zero-order valence-corrected chi connectivity index (χ0v) is 14.3. The molecular weight excluding hydrogens is 302 g/mol. The fourth-order valence-electron chi connectivity index (χ4n) is 4.54. The van der Waals surface area contributed by atoms with Crippen molar-refractivity contribution in [1.82, 2.24) is 15.3 Å². The highest BCUT2D eigenvalue weighted by atomic mass is 16.1. The summed E-state index contributed by atoms with van der Waals surface area (Å²) in [6.45, 7) is 3.78. The second-order valence-electron chi connectivity index (χ2n) is 7.66. The van der Waals surface area contributed by atoms with Crippen molar-refractivity contribution in [3.8, 4) is 0 Å². The van der Waals surface area contributed by atoms with Gasteiger partial charge in [-0.15, -0.1) is 0 Å². The van der Waals surface area contributed by atoms with Crippen molar-refractivity contribution in [2.75, 3.05) is 36.4 Å². The molecule has 1 aliphatic heterocycles. The van der Waals surface area contributed by atoms with E-state index >= 15 is 0 Å². The van der Waals surface area contributed by atoms with Gasteiger partial charge >= 0.3 is 0 Å². The Balaban J connectivity index is 1.30. The van der Waals surface area contributed by atoms with Crippen LogP contribution in [0.2, 0.25) is 0 Å². The average molecular weight is 329 g/mol. The highest BCUT2D eigenvalue weighted by Gasteiger charge is 2.47. The Morgan fingerprint density at radius 3 is 2.46 bits per heavy atom. The molecule has 0 bridgehead atoms. The summed E-state index contributed by atoms with van der Waals surface area (Å²) in [6, 6.07) is 0. The maximum Gasteiger partial charge on any atom is 0.227 e. The van der Waals surface area contributed by atoms with E-state index in [-0.39, 0.29) is 11.8 Å². The summed E-state index contributed by atoms with van der Waals surface area (Å²) in [6.07, 6.45) is 12.3. The average Bonchev–Trinajstić information content (AvgIpc) is 2.61.